The molecule has 0 unspecified atom stereocenters. The van der Waals surface area contributed by atoms with Crippen LogP contribution in [0.4, 0.5) is 0 Å². The van der Waals surface area contributed by atoms with Gasteiger partial charge in [0.2, 0.25) is 0 Å². The van der Waals surface area contributed by atoms with Crippen LogP contribution >= 0.6 is 0 Å². The molecule has 7 heteroatoms. The number of para-hydroxylation sites is 1. The minimum Gasteiger partial charge on any atom is -0.493 e. The number of carbonyl (C=O) groups is 1. The molecule has 0 fully saturated rings. The molecule has 0 bridgehead atoms. The lowest BCUT2D eigenvalue weighted by Gasteiger charge is -2.12. The number of pyridine rings is 1. The van der Waals surface area contributed by atoms with Crippen molar-refractivity contribution in [1.82, 2.24) is 9.88 Å². The number of aliphatic hydroxyl groups excluding tert-OH is 1. The van der Waals surface area contributed by atoms with Crippen molar-refractivity contribution in [3.05, 3.63) is 64.8 Å². The summed E-state index contributed by atoms with van der Waals surface area (Å²) in [6.45, 7) is 0.0856. The van der Waals surface area contributed by atoms with Gasteiger partial charge in [0.15, 0.2) is 17.1 Å². The van der Waals surface area contributed by atoms with E-state index in [9.17, 15) is 14.7 Å². The summed E-state index contributed by atoms with van der Waals surface area (Å²) < 4.78 is 12.1. The highest BCUT2D eigenvalue weighted by atomic mass is 16.5. The van der Waals surface area contributed by atoms with E-state index in [1.165, 1.54) is 17.7 Å². The summed E-state index contributed by atoms with van der Waals surface area (Å²) in [7, 11) is 1.53. The van der Waals surface area contributed by atoms with Crippen molar-refractivity contribution >= 4 is 16.9 Å². The molecule has 130 valence electrons. The fourth-order valence-corrected chi connectivity index (χ4v) is 2.51. The Kier molecular flexibility index (Phi) is 4.85. The van der Waals surface area contributed by atoms with Gasteiger partial charge in [-0.2, -0.15) is 0 Å². The Hall–Kier alpha value is -3.06. The van der Waals surface area contributed by atoms with E-state index in [1.807, 2.05) is 6.07 Å². The zero-order valence-corrected chi connectivity index (χ0v) is 13.6. The lowest BCUT2D eigenvalue weighted by molar-refractivity contribution is 0.0878. The van der Waals surface area contributed by atoms with Crippen molar-refractivity contribution in [3.8, 4) is 5.75 Å². The average Bonchev–Trinajstić information content (AvgIpc) is 3.06. The zero-order valence-electron chi connectivity index (χ0n) is 13.6. The second kappa shape index (κ2) is 7.23. The number of aromatic nitrogens is 1. The molecule has 0 spiro atoms. The molecule has 0 aliphatic carbocycles. The van der Waals surface area contributed by atoms with Crippen LogP contribution in [0.5, 0.6) is 5.75 Å². The molecule has 3 rings (SSSR count). The Morgan fingerprint density at radius 3 is 2.92 bits per heavy atom. The van der Waals surface area contributed by atoms with E-state index in [2.05, 4.69) is 5.32 Å². The molecule has 0 aliphatic heterocycles. The fraction of sp³-hybridized carbons (Fsp3) is 0.222. The average molecular weight is 342 g/mol. The molecule has 2 N–H and O–H groups in total. The number of rotatable bonds is 6. The van der Waals surface area contributed by atoms with Crippen LogP contribution in [0.1, 0.15) is 10.6 Å². The number of benzene rings is 1. The Morgan fingerprint density at radius 1 is 1.32 bits per heavy atom. The molecule has 25 heavy (non-hydrogen) atoms. The number of ether oxygens (including phenoxy) is 1. The Bertz CT molecular complexity index is 944. The van der Waals surface area contributed by atoms with E-state index < -0.39 is 12.0 Å². The zero-order chi connectivity index (χ0) is 17.8. The molecule has 1 amide bonds. The molecule has 2 heterocycles. The number of fused-ring (bicyclic) bond motifs is 1. The van der Waals surface area contributed by atoms with Gasteiger partial charge in [-0.3, -0.25) is 9.59 Å². The summed E-state index contributed by atoms with van der Waals surface area (Å²) in [5, 5.41) is 13.4. The summed E-state index contributed by atoms with van der Waals surface area (Å²) in [6, 6.07) is 11.7. The van der Waals surface area contributed by atoms with Gasteiger partial charge in [-0.05, 0) is 18.2 Å². The summed E-state index contributed by atoms with van der Waals surface area (Å²) in [6.07, 6.45) is 0.682. The smallest absolute Gasteiger partial charge is 0.287 e. The largest absolute Gasteiger partial charge is 0.493 e. The normalized spacial score (nSPS) is 12.1. The molecular weight excluding hydrogens is 324 g/mol. The molecule has 3 aromatic rings. The third-order valence-electron chi connectivity index (χ3n) is 3.76. The number of hydrogen-bond donors (Lipinski definition) is 2. The van der Waals surface area contributed by atoms with Crippen molar-refractivity contribution in [1.29, 1.82) is 0 Å². The first kappa shape index (κ1) is 16.8. The highest BCUT2D eigenvalue weighted by molar-refractivity contribution is 5.97. The Balaban J connectivity index is 1.64. The topological polar surface area (TPSA) is 93.7 Å². The van der Waals surface area contributed by atoms with Crippen LogP contribution in [-0.4, -0.2) is 35.3 Å². The number of hydrogen-bond acceptors (Lipinski definition) is 5. The second-order valence-electron chi connectivity index (χ2n) is 5.54. The number of methoxy groups -OCH3 is 1. The molecule has 1 aromatic carbocycles. The van der Waals surface area contributed by atoms with Gasteiger partial charge in [0, 0.05) is 24.2 Å². The van der Waals surface area contributed by atoms with Gasteiger partial charge >= 0.3 is 0 Å². The van der Waals surface area contributed by atoms with E-state index in [4.69, 9.17) is 9.15 Å². The van der Waals surface area contributed by atoms with Crippen molar-refractivity contribution in [3.63, 3.8) is 0 Å². The fourth-order valence-electron chi connectivity index (χ4n) is 2.51. The predicted molar refractivity (Wildman–Crippen MR) is 91.8 cm³/mol. The van der Waals surface area contributed by atoms with Crippen LogP contribution in [0.3, 0.4) is 0 Å². The third-order valence-corrected chi connectivity index (χ3v) is 3.76. The van der Waals surface area contributed by atoms with Gasteiger partial charge in [0.05, 0.1) is 19.8 Å². The predicted octanol–water partition coefficient (Wildman–Crippen LogP) is 1.39. The minimum absolute atomic E-state index is 0.00561. The molecule has 0 saturated heterocycles. The summed E-state index contributed by atoms with van der Waals surface area (Å²) in [5.41, 5.74) is 0.281. The van der Waals surface area contributed by atoms with Gasteiger partial charge in [-0.15, -0.1) is 0 Å². The van der Waals surface area contributed by atoms with E-state index in [0.29, 0.717) is 11.3 Å². The highest BCUT2D eigenvalue weighted by Crippen LogP contribution is 2.28. The first-order valence-electron chi connectivity index (χ1n) is 7.77. The monoisotopic (exact) mass is 342 g/mol. The van der Waals surface area contributed by atoms with Crippen LogP contribution in [0.2, 0.25) is 0 Å². The number of carbonyl (C=O) groups excluding carboxylic acids is 1. The maximum absolute atomic E-state index is 12.2. The lowest BCUT2D eigenvalue weighted by atomic mass is 10.2. The van der Waals surface area contributed by atoms with Crippen LogP contribution in [-0.2, 0) is 6.54 Å². The number of furan rings is 1. The van der Waals surface area contributed by atoms with Crippen molar-refractivity contribution in [2.24, 2.45) is 0 Å². The van der Waals surface area contributed by atoms with Crippen LogP contribution in [0.15, 0.2) is 57.9 Å². The van der Waals surface area contributed by atoms with Gasteiger partial charge < -0.3 is 24.1 Å². The minimum atomic E-state index is -0.900. The number of nitrogens with zero attached hydrogens (tertiary/aromatic N) is 1. The van der Waals surface area contributed by atoms with Crippen molar-refractivity contribution in [2.75, 3.05) is 13.7 Å². The van der Waals surface area contributed by atoms with Gasteiger partial charge in [-0.1, -0.05) is 18.2 Å². The summed E-state index contributed by atoms with van der Waals surface area (Å²) in [5.74, 6) is 0.223. The van der Waals surface area contributed by atoms with Crippen molar-refractivity contribution < 1.29 is 19.1 Å². The maximum atomic E-state index is 12.2. The third kappa shape index (κ3) is 3.72. The van der Waals surface area contributed by atoms with Gasteiger partial charge in [0.25, 0.3) is 11.5 Å². The van der Waals surface area contributed by atoms with Crippen LogP contribution in [0, 0.1) is 0 Å². The molecule has 0 aliphatic rings. The summed E-state index contributed by atoms with van der Waals surface area (Å²) >= 11 is 0. The molecule has 0 radical (unpaired) electrons. The quantitative estimate of drug-likeness (QED) is 0.706. The first-order chi connectivity index (χ1) is 12.1. The van der Waals surface area contributed by atoms with E-state index >= 15 is 0 Å². The second-order valence-corrected chi connectivity index (χ2v) is 5.54. The standard InChI is InChI=1S/C18H18N2O5/c1-24-14-6-4-5-12-9-15(25-17(12)14)18(23)19-10-13(21)11-20-8-3-2-7-16(20)22/h2-9,13,21H,10-11H2,1H3,(H,19,23)/t13-/m0/s1. The van der Waals surface area contributed by atoms with Crippen molar-refractivity contribution in [2.45, 2.75) is 12.6 Å². The molecule has 1 atom stereocenters. The molecular formula is C18H18N2O5. The molecule has 2 aromatic heterocycles. The first-order valence-corrected chi connectivity index (χ1v) is 7.77. The Morgan fingerprint density at radius 2 is 2.16 bits per heavy atom. The highest BCUT2D eigenvalue weighted by Gasteiger charge is 2.16. The molecule has 7 nitrogen and oxygen atoms in total. The van der Waals surface area contributed by atoms with Gasteiger partial charge in [-0.25, -0.2) is 0 Å². The Labute approximate surface area is 143 Å². The van der Waals surface area contributed by atoms with E-state index in [1.54, 1.807) is 36.5 Å². The maximum Gasteiger partial charge on any atom is 0.287 e. The molecule has 0 saturated carbocycles. The number of aliphatic hydroxyl groups is 1. The SMILES string of the molecule is COc1cccc2cc(C(=O)NC[C@H](O)Cn3ccccc3=O)oc12. The summed E-state index contributed by atoms with van der Waals surface area (Å²) in [4.78, 5) is 23.8. The number of nitrogens with one attached hydrogen (secondary N) is 1. The number of amides is 1. The van der Waals surface area contributed by atoms with Gasteiger partial charge in [0.1, 0.15) is 0 Å². The van der Waals surface area contributed by atoms with E-state index in [0.717, 1.165) is 5.39 Å². The van der Waals surface area contributed by atoms with Crippen LogP contribution < -0.4 is 15.6 Å². The van der Waals surface area contributed by atoms with E-state index in [-0.39, 0.29) is 24.4 Å². The van der Waals surface area contributed by atoms with Crippen LogP contribution in [0.25, 0.3) is 11.0 Å². The lowest BCUT2D eigenvalue weighted by Crippen LogP contribution is -2.36.